The Bertz CT molecular complexity index is 1130. The van der Waals surface area contributed by atoms with Gasteiger partial charge in [0.2, 0.25) is 0 Å². The summed E-state index contributed by atoms with van der Waals surface area (Å²) in [5.74, 6) is 0.562. The van der Waals surface area contributed by atoms with E-state index in [1.165, 1.54) is 0 Å². The molecule has 0 radical (unpaired) electrons. The minimum Gasteiger partial charge on any atom is -0.577 e. The van der Waals surface area contributed by atoms with Crippen molar-refractivity contribution < 1.29 is 10.2 Å². The number of hydrogen-bond donors (Lipinski definition) is 4. The zero-order valence-corrected chi connectivity index (χ0v) is 19.3. The van der Waals surface area contributed by atoms with Crippen molar-refractivity contribution in [2.75, 3.05) is 0 Å². The van der Waals surface area contributed by atoms with E-state index in [1.54, 1.807) is 30.9 Å². The van der Waals surface area contributed by atoms with Crippen molar-refractivity contribution in [2.45, 2.75) is 63.6 Å². The van der Waals surface area contributed by atoms with Gasteiger partial charge in [-0.05, 0) is 50.3 Å². The van der Waals surface area contributed by atoms with Gasteiger partial charge >= 0.3 is 5.90 Å². The molecular formula is C24H32N7O2+. The van der Waals surface area contributed by atoms with Crippen LogP contribution in [0.25, 0.3) is 5.57 Å². The lowest BCUT2D eigenvalue weighted by atomic mass is 9.63. The average molecular weight is 451 g/mol. The third kappa shape index (κ3) is 4.68. The summed E-state index contributed by atoms with van der Waals surface area (Å²) in [6.07, 6.45) is 7.82. The van der Waals surface area contributed by atoms with Gasteiger partial charge in [-0.15, -0.1) is 4.99 Å². The topological polar surface area (TPSA) is 148 Å². The highest BCUT2D eigenvalue weighted by Crippen LogP contribution is 2.45. The van der Waals surface area contributed by atoms with Crippen LogP contribution in [0.3, 0.4) is 0 Å². The molecule has 1 unspecified atom stereocenters. The van der Waals surface area contributed by atoms with Crippen molar-refractivity contribution in [1.29, 1.82) is 5.41 Å². The van der Waals surface area contributed by atoms with Crippen molar-refractivity contribution >= 4 is 23.3 Å². The largest absolute Gasteiger partial charge is 0.577 e. The van der Waals surface area contributed by atoms with Crippen LogP contribution in [0.15, 0.2) is 53.0 Å². The van der Waals surface area contributed by atoms with Crippen molar-refractivity contribution in [1.82, 2.24) is 14.9 Å². The van der Waals surface area contributed by atoms with E-state index in [1.807, 2.05) is 25.3 Å². The summed E-state index contributed by atoms with van der Waals surface area (Å²) in [5.41, 5.74) is 7.91. The summed E-state index contributed by atoms with van der Waals surface area (Å²) in [7, 11) is 0. The first-order valence-electron chi connectivity index (χ1n) is 11.1. The molecule has 33 heavy (non-hydrogen) atoms. The predicted molar refractivity (Wildman–Crippen MR) is 131 cm³/mol. The second-order valence-corrected chi connectivity index (χ2v) is 9.50. The second kappa shape index (κ2) is 8.47. The molecule has 1 atom stereocenters. The Morgan fingerprint density at radius 2 is 2.06 bits per heavy atom. The van der Waals surface area contributed by atoms with Crippen LogP contribution in [-0.4, -0.2) is 49.1 Å². The standard InChI is InChI=1S/C24H31N7O2/c1-15-18(11-27-22(26)29-15)16-5-7-17(8-6-16)24(9-4-10-24)21(25)30-20(32)19-12-31(14-28-19)13-23(2,3)33/h5-8,11-12,14-15,33H,4,9-10,13H2,1-3H3,(H2,25,30,32)(H3,26,27,29)/p+1. The van der Waals surface area contributed by atoms with Crippen molar-refractivity contribution in [2.24, 2.45) is 15.7 Å². The first-order valence-corrected chi connectivity index (χ1v) is 11.1. The Hall–Kier alpha value is -3.46. The summed E-state index contributed by atoms with van der Waals surface area (Å²) in [6, 6.07) is 8.17. The highest BCUT2D eigenvalue weighted by molar-refractivity contribution is 6.04. The number of benzene rings is 1. The maximum absolute atomic E-state index is 9.99. The number of imidazole rings is 1. The number of amidine groups is 1. The second-order valence-electron chi connectivity index (χ2n) is 9.50. The van der Waals surface area contributed by atoms with Crippen LogP contribution >= 0.6 is 0 Å². The minimum absolute atomic E-state index is 0.0280. The minimum atomic E-state index is -0.882. The van der Waals surface area contributed by atoms with E-state index in [-0.39, 0.29) is 17.8 Å². The number of guanidine groups is 1. The molecule has 1 aromatic carbocycles. The first-order chi connectivity index (χ1) is 15.6. The Labute approximate surface area is 193 Å². The van der Waals surface area contributed by atoms with E-state index in [9.17, 15) is 5.11 Å². The SMILES string of the molecule is CC1N=C(N)NC=C1c1ccc(C2(C(=N)N=C([OH2+])c3cn(CC(C)(C)O)cn3)CCC2)cc1. The predicted octanol–water partition coefficient (Wildman–Crippen LogP) is 1.87. The number of aliphatic hydroxyl groups is 1. The molecule has 2 heterocycles. The molecule has 1 aliphatic carbocycles. The highest BCUT2D eigenvalue weighted by atomic mass is 16.3. The van der Waals surface area contributed by atoms with Crippen LogP contribution in [0.4, 0.5) is 0 Å². The normalized spacial score (nSPS) is 20.4. The van der Waals surface area contributed by atoms with Gasteiger partial charge in [0, 0.05) is 12.4 Å². The summed E-state index contributed by atoms with van der Waals surface area (Å²) >= 11 is 0. The molecule has 2 aliphatic rings. The third-order valence-corrected chi connectivity index (χ3v) is 6.26. The number of hydrogen-bond acceptors (Lipinski definition) is 6. The first kappa shape index (κ1) is 22.7. The van der Waals surface area contributed by atoms with Gasteiger partial charge in [0.15, 0.2) is 11.7 Å². The van der Waals surface area contributed by atoms with Crippen LogP contribution in [0.1, 0.15) is 56.9 Å². The monoisotopic (exact) mass is 450 g/mol. The number of rotatable bonds is 6. The fraction of sp³-hybridized carbons (Fsp3) is 0.417. The third-order valence-electron chi connectivity index (χ3n) is 6.26. The van der Waals surface area contributed by atoms with Gasteiger partial charge in [-0.2, -0.15) is 0 Å². The zero-order valence-electron chi connectivity index (χ0n) is 19.3. The van der Waals surface area contributed by atoms with E-state index < -0.39 is 11.0 Å². The molecule has 4 rings (SSSR count). The molecular weight excluding hydrogens is 418 g/mol. The van der Waals surface area contributed by atoms with E-state index >= 15 is 0 Å². The van der Waals surface area contributed by atoms with Gasteiger partial charge < -0.3 is 25.8 Å². The summed E-state index contributed by atoms with van der Waals surface area (Å²) < 4.78 is 1.73. The Balaban J connectivity index is 1.53. The maximum atomic E-state index is 9.99. The van der Waals surface area contributed by atoms with Gasteiger partial charge in [0.1, 0.15) is 5.84 Å². The van der Waals surface area contributed by atoms with Gasteiger partial charge in [-0.1, -0.05) is 30.7 Å². The van der Waals surface area contributed by atoms with Gasteiger partial charge in [-0.3, -0.25) is 5.41 Å². The summed E-state index contributed by atoms with van der Waals surface area (Å²) in [4.78, 5) is 12.9. The van der Waals surface area contributed by atoms with Crippen molar-refractivity contribution in [3.63, 3.8) is 0 Å². The van der Waals surface area contributed by atoms with Crippen LogP contribution in [0.5, 0.6) is 0 Å². The van der Waals surface area contributed by atoms with Gasteiger partial charge in [0.25, 0.3) is 0 Å². The molecule has 1 saturated carbocycles. The quantitative estimate of drug-likeness (QED) is 0.302. The van der Waals surface area contributed by atoms with Crippen LogP contribution in [0.2, 0.25) is 0 Å². The number of nitrogens with zero attached hydrogens (tertiary/aromatic N) is 4. The fourth-order valence-electron chi connectivity index (χ4n) is 4.38. The summed E-state index contributed by atoms with van der Waals surface area (Å²) in [6.45, 7) is 5.80. The molecule has 7 N–H and O–H groups in total. The molecule has 1 aliphatic heterocycles. The van der Waals surface area contributed by atoms with Crippen LogP contribution in [0, 0.1) is 5.41 Å². The Morgan fingerprint density at radius 1 is 1.36 bits per heavy atom. The highest BCUT2D eigenvalue weighted by Gasteiger charge is 2.43. The Kier molecular flexibility index (Phi) is 5.84. The molecule has 1 aromatic heterocycles. The molecule has 174 valence electrons. The number of aliphatic imine (C=N–C) groups is 2. The van der Waals surface area contributed by atoms with E-state index in [2.05, 4.69) is 32.4 Å². The molecule has 1 fully saturated rings. The molecule has 9 nitrogen and oxygen atoms in total. The zero-order chi connectivity index (χ0) is 23.8. The molecule has 9 heteroatoms. The number of aromatic nitrogens is 2. The fourth-order valence-corrected chi connectivity index (χ4v) is 4.38. The molecule has 0 saturated heterocycles. The average Bonchev–Trinajstić information content (AvgIpc) is 3.15. The van der Waals surface area contributed by atoms with Crippen molar-refractivity contribution in [3.05, 3.63) is 59.8 Å². The molecule has 0 spiro atoms. The van der Waals surface area contributed by atoms with Crippen LogP contribution < -0.4 is 11.1 Å². The van der Waals surface area contributed by atoms with E-state index in [0.29, 0.717) is 18.2 Å². The van der Waals surface area contributed by atoms with Crippen LogP contribution in [-0.2, 0) is 12.0 Å². The van der Waals surface area contributed by atoms with Crippen molar-refractivity contribution in [3.8, 4) is 0 Å². The van der Waals surface area contributed by atoms with E-state index in [0.717, 1.165) is 36.0 Å². The lowest BCUT2D eigenvalue weighted by Gasteiger charge is -2.41. The lowest BCUT2D eigenvalue weighted by molar-refractivity contribution is 0.0615. The smallest absolute Gasteiger partial charge is 0.386 e. The molecule has 0 bridgehead atoms. The molecule has 0 amide bonds. The molecule has 2 aromatic rings. The van der Waals surface area contributed by atoms with Gasteiger partial charge in [0.05, 0.1) is 29.9 Å². The number of nitrogens with two attached hydrogens (primary N) is 1. The number of nitrogens with one attached hydrogen (secondary N) is 2. The summed E-state index contributed by atoms with van der Waals surface area (Å²) in [5, 5.41) is 30.1. The maximum Gasteiger partial charge on any atom is 0.386 e. The lowest BCUT2D eigenvalue weighted by Crippen LogP contribution is -2.41. The van der Waals surface area contributed by atoms with Gasteiger partial charge in [-0.25, -0.2) is 9.98 Å². The Morgan fingerprint density at radius 3 is 2.64 bits per heavy atom. The van der Waals surface area contributed by atoms with E-state index in [4.69, 9.17) is 16.2 Å².